The van der Waals surface area contributed by atoms with Gasteiger partial charge in [0.2, 0.25) is 11.7 Å². The number of ether oxygens (including phenoxy) is 1. The Bertz CT molecular complexity index is 1270. The molecule has 9 nitrogen and oxygen atoms in total. The van der Waals surface area contributed by atoms with Crippen LogP contribution >= 0.6 is 0 Å². The molecule has 13 heteroatoms. The molecule has 0 bridgehead atoms. The molecule has 0 unspecified atom stereocenters. The van der Waals surface area contributed by atoms with Crippen LogP contribution < -0.4 is 10.3 Å². The number of hydrogen-bond acceptors (Lipinski definition) is 8. The van der Waals surface area contributed by atoms with Gasteiger partial charge in [0.05, 0.1) is 5.69 Å². The van der Waals surface area contributed by atoms with E-state index in [2.05, 4.69) is 29.9 Å². The van der Waals surface area contributed by atoms with Crippen molar-refractivity contribution in [1.82, 2.24) is 29.9 Å². The van der Waals surface area contributed by atoms with E-state index in [1.54, 1.807) is 0 Å². The lowest BCUT2D eigenvalue weighted by Gasteiger charge is -2.08. The van der Waals surface area contributed by atoms with Crippen molar-refractivity contribution in [3.63, 3.8) is 0 Å². The van der Waals surface area contributed by atoms with Gasteiger partial charge in [-0.1, -0.05) is 5.16 Å². The number of rotatable bonds is 6. The molecule has 32 heavy (non-hydrogen) atoms. The third kappa shape index (κ3) is 5.11. The van der Waals surface area contributed by atoms with E-state index in [9.17, 15) is 22.4 Å². The summed E-state index contributed by atoms with van der Waals surface area (Å²) in [5, 5.41) is 7.97. The van der Waals surface area contributed by atoms with Crippen molar-refractivity contribution in [2.45, 2.75) is 12.7 Å². The van der Waals surface area contributed by atoms with E-state index in [1.807, 2.05) is 0 Å². The Balaban J connectivity index is 1.51. The zero-order valence-corrected chi connectivity index (χ0v) is 16.0. The van der Waals surface area contributed by atoms with Crippen molar-refractivity contribution < 1.29 is 26.8 Å². The van der Waals surface area contributed by atoms with Crippen LogP contribution in [0.15, 0.2) is 58.1 Å². The summed E-state index contributed by atoms with van der Waals surface area (Å²) < 4.78 is 60.3. The van der Waals surface area contributed by atoms with Gasteiger partial charge in [-0.3, -0.25) is 4.79 Å². The summed E-state index contributed by atoms with van der Waals surface area (Å²) in [6.07, 6.45) is -2.07. The molecule has 0 fully saturated rings. The normalized spacial score (nSPS) is 11.5. The SMILES string of the molecule is O=c1ccc(-c2cnc(OCC(F)(F)F)nc2)nn1Cc1nc(-c2ccc(F)cc2)no1. The minimum Gasteiger partial charge on any atom is -0.454 e. The van der Waals surface area contributed by atoms with E-state index in [0.717, 1.165) is 4.68 Å². The van der Waals surface area contributed by atoms with Crippen molar-refractivity contribution in [2.24, 2.45) is 0 Å². The zero-order valence-electron chi connectivity index (χ0n) is 16.0. The summed E-state index contributed by atoms with van der Waals surface area (Å²) in [6.45, 7) is -1.66. The fraction of sp³-hybridized carbons (Fsp3) is 0.158. The number of alkyl halides is 3. The molecule has 0 atom stereocenters. The second kappa shape index (κ2) is 8.53. The van der Waals surface area contributed by atoms with E-state index >= 15 is 0 Å². The molecule has 0 saturated heterocycles. The monoisotopic (exact) mass is 448 g/mol. The predicted octanol–water partition coefficient (Wildman–Crippen LogP) is 2.88. The summed E-state index contributed by atoms with van der Waals surface area (Å²) in [5.74, 6) is -0.107. The van der Waals surface area contributed by atoms with Crippen molar-refractivity contribution in [3.8, 4) is 28.7 Å². The highest BCUT2D eigenvalue weighted by atomic mass is 19.4. The maximum Gasteiger partial charge on any atom is 0.422 e. The Kier molecular flexibility index (Phi) is 5.62. The lowest BCUT2D eigenvalue weighted by atomic mass is 10.2. The minimum absolute atomic E-state index is 0.0863. The molecule has 0 N–H and O–H groups in total. The van der Waals surface area contributed by atoms with Crippen LogP contribution in [0.3, 0.4) is 0 Å². The molecule has 0 aliphatic heterocycles. The Morgan fingerprint density at radius 1 is 1.00 bits per heavy atom. The Morgan fingerprint density at radius 3 is 2.41 bits per heavy atom. The Labute approximate surface area is 176 Å². The van der Waals surface area contributed by atoms with Crippen LogP contribution in [-0.2, 0) is 6.54 Å². The first-order valence-electron chi connectivity index (χ1n) is 8.95. The number of halogens is 4. The summed E-state index contributed by atoms with van der Waals surface area (Å²) in [5.41, 5.74) is 0.697. The number of nitrogens with zero attached hydrogens (tertiary/aromatic N) is 6. The van der Waals surface area contributed by atoms with Crippen LogP contribution in [0.4, 0.5) is 17.6 Å². The van der Waals surface area contributed by atoms with Gasteiger partial charge in [-0.05, 0) is 30.3 Å². The van der Waals surface area contributed by atoms with Crippen molar-refractivity contribution in [2.75, 3.05) is 6.61 Å². The fourth-order valence-corrected chi connectivity index (χ4v) is 2.55. The first-order valence-corrected chi connectivity index (χ1v) is 8.95. The van der Waals surface area contributed by atoms with Gasteiger partial charge >= 0.3 is 12.2 Å². The largest absolute Gasteiger partial charge is 0.454 e. The van der Waals surface area contributed by atoms with Gasteiger partial charge in [0.25, 0.3) is 5.56 Å². The molecule has 164 valence electrons. The Morgan fingerprint density at radius 2 is 1.72 bits per heavy atom. The van der Waals surface area contributed by atoms with E-state index in [1.165, 1.54) is 48.8 Å². The lowest BCUT2D eigenvalue weighted by Crippen LogP contribution is -2.23. The lowest BCUT2D eigenvalue weighted by molar-refractivity contribution is -0.154. The number of hydrogen-bond donors (Lipinski definition) is 0. The van der Waals surface area contributed by atoms with E-state index < -0.39 is 30.2 Å². The molecular weight excluding hydrogens is 436 g/mol. The maximum atomic E-state index is 13.1. The van der Waals surface area contributed by atoms with Crippen LogP contribution in [-0.4, -0.2) is 42.7 Å². The quantitative estimate of drug-likeness (QED) is 0.415. The highest BCUT2D eigenvalue weighted by Crippen LogP contribution is 2.19. The van der Waals surface area contributed by atoms with Gasteiger partial charge in [-0.25, -0.2) is 19.0 Å². The average molecular weight is 448 g/mol. The highest BCUT2D eigenvalue weighted by molar-refractivity contribution is 5.56. The topological polar surface area (TPSA) is 109 Å². The van der Waals surface area contributed by atoms with E-state index in [4.69, 9.17) is 4.52 Å². The minimum atomic E-state index is -4.51. The molecule has 0 saturated carbocycles. The number of aromatic nitrogens is 6. The molecule has 0 radical (unpaired) electrons. The smallest absolute Gasteiger partial charge is 0.422 e. The van der Waals surface area contributed by atoms with Crippen molar-refractivity contribution in [3.05, 3.63) is 70.9 Å². The van der Waals surface area contributed by atoms with Gasteiger partial charge < -0.3 is 9.26 Å². The van der Waals surface area contributed by atoms with Gasteiger partial charge in [0.1, 0.15) is 12.4 Å². The van der Waals surface area contributed by atoms with Crippen LogP contribution in [0.25, 0.3) is 22.6 Å². The van der Waals surface area contributed by atoms with Gasteiger partial charge in [0.15, 0.2) is 6.61 Å². The fourth-order valence-electron chi connectivity index (χ4n) is 2.55. The molecular formula is C19H12F4N6O3. The zero-order chi connectivity index (χ0) is 22.7. The molecule has 0 spiro atoms. The first-order chi connectivity index (χ1) is 15.3. The second-order valence-electron chi connectivity index (χ2n) is 6.39. The average Bonchev–Trinajstić information content (AvgIpc) is 3.23. The summed E-state index contributed by atoms with van der Waals surface area (Å²) in [7, 11) is 0. The van der Waals surface area contributed by atoms with Crippen LogP contribution in [0.1, 0.15) is 5.89 Å². The molecule has 3 heterocycles. The molecule has 0 amide bonds. The van der Waals surface area contributed by atoms with Gasteiger partial charge in [-0.15, -0.1) is 0 Å². The maximum absolute atomic E-state index is 13.1. The predicted molar refractivity (Wildman–Crippen MR) is 99.9 cm³/mol. The summed E-state index contributed by atoms with van der Waals surface area (Å²) in [4.78, 5) is 23.8. The van der Waals surface area contributed by atoms with Crippen LogP contribution in [0, 0.1) is 5.82 Å². The third-order valence-corrected chi connectivity index (χ3v) is 4.01. The van der Waals surface area contributed by atoms with Crippen molar-refractivity contribution >= 4 is 0 Å². The summed E-state index contributed by atoms with van der Waals surface area (Å²) in [6, 6.07) is 7.68. The summed E-state index contributed by atoms with van der Waals surface area (Å²) >= 11 is 0. The van der Waals surface area contributed by atoms with Gasteiger partial charge in [0, 0.05) is 29.6 Å². The molecule has 4 aromatic rings. The second-order valence-corrected chi connectivity index (χ2v) is 6.39. The van der Waals surface area contributed by atoms with Crippen LogP contribution in [0.2, 0.25) is 0 Å². The Hall–Kier alpha value is -4.16. The molecule has 1 aromatic carbocycles. The standard InChI is InChI=1S/C19H12F4N6O3/c20-13-3-1-11(2-4-13)17-26-15(32-28-17)9-29-16(30)6-5-14(27-29)12-7-24-18(25-8-12)31-10-19(21,22)23/h1-8H,9-10H2. The van der Waals surface area contributed by atoms with Gasteiger partial charge in [-0.2, -0.15) is 23.3 Å². The first kappa shape index (κ1) is 21.1. The molecule has 3 aromatic heterocycles. The van der Waals surface area contributed by atoms with E-state index in [0.29, 0.717) is 11.1 Å². The molecule has 0 aliphatic rings. The highest BCUT2D eigenvalue weighted by Gasteiger charge is 2.29. The van der Waals surface area contributed by atoms with Crippen LogP contribution in [0.5, 0.6) is 6.01 Å². The molecule has 0 aliphatic carbocycles. The number of benzene rings is 1. The van der Waals surface area contributed by atoms with E-state index in [-0.39, 0.29) is 24.0 Å². The molecule has 4 rings (SSSR count). The van der Waals surface area contributed by atoms with Crippen molar-refractivity contribution in [1.29, 1.82) is 0 Å². The third-order valence-electron chi connectivity index (χ3n) is 4.01.